The SMILES string of the molecule is CCC(=O)c1ccc2c(c1)N(CC(N)=O)C(=O)C(C(C)C)O2. The predicted octanol–water partition coefficient (Wildman–Crippen LogP) is 1.51. The molecule has 2 rings (SSSR count). The Morgan fingerprint density at radius 3 is 2.59 bits per heavy atom. The minimum atomic E-state index is -0.667. The zero-order valence-corrected chi connectivity index (χ0v) is 13.0. The molecule has 2 N–H and O–H groups in total. The number of ether oxygens (including phenoxy) is 1. The summed E-state index contributed by atoms with van der Waals surface area (Å²) in [5, 5.41) is 0. The summed E-state index contributed by atoms with van der Waals surface area (Å²) in [5.74, 6) is -0.543. The minimum absolute atomic E-state index is 0.0414. The van der Waals surface area contributed by atoms with E-state index in [9.17, 15) is 14.4 Å². The molecular formula is C16H20N2O4. The highest BCUT2D eigenvalue weighted by molar-refractivity contribution is 6.05. The van der Waals surface area contributed by atoms with Crippen LogP contribution in [0.5, 0.6) is 5.75 Å². The average molecular weight is 304 g/mol. The number of benzene rings is 1. The van der Waals surface area contributed by atoms with E-state index < -0.39 is 12.0 Å². The fourth-order valence-electron chi connectivity index (χ4n) is 2.41. The van der Waals surface area contributed by atoms with Crippen LogP contribution in [0, 0.1) is 5.92 Å². The van der Waals surface area contributed by atoms with Crippen molar-refractivity contribution in [3.63, 3.8) is 0 Å². The number of carbonyl (C=O) groups excluding carboxylic acids is 3. The lowest BCUT2D eigenvalue weighted by Crippen LogP contribution is -2.51. The normalized spacial score (nSPS) is 17.2. The summed E-state index contributed by atoms with van der Waals surface area (Å²) in [5.41, 5.74) is 6.15. The van der Waals surface area contributed by atoms with E-state index in [1.165, 1.54) is 4.90 Å². The van der Waals surface area contributed by atoms with Crippen LogP contribution in [-0.2, 0) is 9.59 Å². The molecular weight excluding hydrogens is 284 g/mol. The summed E-state index contributed by atoms with van der Waals surface area (Å²) in [7, 11) is 0. The molecule has 0 aliphatic carbocycles. The minimum Gasteiger partial charge on any atom is -0.478 e. The fourth-order valence-corrected chi connectivity index (χ4v) is 2.41. The lowest BCUT2D eigenvalue weighted by atomic mass is 10.0. The van der Waals surface area contributed by atoms with Crippen LogP contribution >= 0.6 is 0 Å². The number of rotatable bonds is 5. The first-order valence-corrected chi connectivity index (χ1v) is 7.28. The Morgan fingerprint density at radius 1 is 1.36 bits per heavy atom. The maximum atomic E-state index is 12.5. The summed E-state index contributed by atoms with van der Waals surface area (Å²) < 4.78 is 5.73. The molecule has 1 heterocycles. The topological polar surface area (TPSA) is 89.7 Å². The summed E-state index contributed by atoms with van der Waals surface area (Å²) in [4.78, 5) is 37.0. The molecule has 0 fully saturated rings. The zero-order chi connectivity index (χ0) is 16.4. The molecule has 0 saturated carbocycles. The molecule has 2 amide bonds. The highest BCUT2D eigenvalue weighted by Gasteiger charge is 2.37. The number of primary amides is 1. The summed E-state index contributed by atoms with van der Waals surface area (Å²) >= 11 is 0. The van der Waals surface area contributed by atoms with Gasteiger partial charge in [-0.05, 0) is 24.1 Å². The first-order valence-electron chi connectivity index (χ1n) is 7.28. The van der Waals surface area contributed by atoms with Gasteiger partial charge in [0.1, 0.15) is 12.3 Å². The van der Waals surface area contributed by atoms with E-state index in [2.05, 4.69) is 0 Å². The number of hydrogen-bond donors (Lipinski definition) is 1. The van der Waals surface area contributed by atoms with Gasteiger partial charge in [-0.15, -0.1) is 0 Å². The van der Waals surface area contributed by atoms with Crippen molar-refractivity contribution in [1.82, 2.24) is 0 Å². The second kappa shape index (κ2) is 6.17. The van der Waals surface area contributed by atoms with Crippen molar-refractivity contribution in [2.24, 2.45) is 11.7 Å². The van der Waals surface area contributed by atoms with Gasteiger partial charge in [0.15, 0.2) is 11.9 Å². The highest BCUT2D eigenvalue weighted by Crippen LogP contribution is 2.36. The highest BCUT2D eigenvalue weighted by atomic mass is 16.5. The monoisotopic (exact) mass is 304 g/mol. The molecule has 1 aliphatic heterocycles. The molecule has 0 bridgehead atoms. The number of hydrogen-bond acceptors (Lipinski definition) is 4. The predicted molar refractivity (Wildman–Crippen MR) is 81.9 cm³/mol. The first kappa shape index (κ1) is 16.0. The van der Waals surface area contributed by atoms with Gasteiger partial charge in [-0.3, -0.25) is 19.3 Å². The number of carbonyl (C=O) groups is 3. The molecule has 0 aromatic heterocycles. The Hall–Kier alpha value is -2.37. The quantitative estimate of drug-likeness (QED) is 0.835. The number of nitrogens with two attached hydrogens (primary N) is 1. The number of anilines is 1. The van der Waals surface area contributed by atoms with E-state index in [1.54, 1.807) is 25.1 Å². The van der Waals surface area contributed by atoms with Crippen LogP contribution in [0.4, 0.5) is 5.69 Å². The molecule has 118 valence electrons. The van der Waals surface area contributed by atoms with Gasteiger partial charge in [0.25, 0.3) is 5.91 Å². The molecule has 22 heavy (non-hydrogen) atoms. The van der Waals surface area contributed by atoms with E-state index in [4.69, 9.17) is 10.5 Å². The van der Waals surface area contributed by atoms with Crippen LogP contribution in [0.15, 0.2) is 18.2 Å². The van der Waals surface area contributed by atoms with Crippen molar-refractivity contribution in [1.29, 1.82) is 0 Å². The maximum absolute atomic E-state index is 12.5. The van der Waals surface area contributed by atoms with Crippen LogP contribution in [-0.4, -0.2) is 30.2 Å². The molecule has 1 atom stereocenters. The molecule has 0 radical (unpaired) electrons. The first-order chi connectivity index (χ1) is 10.3. The van der Waals surface area contributed by atoms with E-state index in [1.807, 2.05) is 13.8 Å². The largest absolute Gasteiger partial charge is 0.478 e. The molecule has 1 unspecified atom stereocenters. The molecule has 6 nitrogen and oxygen atoms in total. The van der Waals surface area contributed by atoms with Crippen molar-refractivity contribution in [3.8, 4) is 5.75 Å². The van der Waals surface area contributed by atoms with E-state index >= 15 is 0 Å². The van der Waals surface area contributed by atoms with Gasteiger partial charge in [-0.25, -0.2) is 0 Å². The second-order valence-electron chi connectivity index (χ2n) is 5.63. The van der Waals surface area contributed by atoms with Gasteiger partial charge in [0.2, 0.25) is 5.91 Å². The van der Waals surface area contributed by atoms with Crippen LogP contribution in [0.25, 0.3) is 0 Å². The average Bonchev–Trinajstić information content (AvgIpc) is 2.47. The second-order valence-corrected chi connectivity index (χ2v) is 5.63. The van der Waals surface area contributed by atoms with Crippen LogP contribution in [0.2, 0.25) is 0 Å². The summed E-state index contributed by atoms with van der Waals surface area (Å²) in [6, 6.07) is 4.91. The van der Waals surface area contributed by atoms with Crippen molar-refractivity contribution in [2.45, 2.75) is 33.3 Å². The molecule has 0 spiro atoms. The Labute approximate surface area is 129 Å². The smallest absolute Gasteiger partial charge is 0.268 e. The Balaban J connectivity index is 2.50. The Morgan fingerprint density at radius 2 is 2.05 bits per heavy atom. The third-order valence-electron chi connectivity index (χ3n) is 3.58. The summed E-state index contributed by atoms with van der Waals surface area (Å²) in [6.07, 6.45) is -0.308. The van der Waals surface area contributed by atoms with E-state index in [-0.39, 0.29) is 24.2 Å². The van der Waals surface area contributed by atoms with Crippen molar-refractivity contribution in [2.75, 3.05) is 11.4 Å². The van der Waals surface area contributed by atoms with Gasteiger partial charge >= 0.3 is 0 Å². The lowest BCUT2D eigenvalue weighted by Gasteiger charge is -2.35. The molecule has 1 aromatic carbocycles. The standard InChI is InChI=1S/C16H20N2O4/c1-4-12(19)10-5-6-13-11(7-10)18(8-14(17)20)16(21)15(22-13)9(2)3/h5-7,9,15H,4,8H2,1-3H3,(H2,17,20). The molecule has 6 heteroatoms. The third-order valence-corrected chi connectivity index (χ3v) is 3.58. The summed E-state index contributed by atoms with van der Waals surface area (Å²) in [6.45, 7) is 5.26. The molecule has 1 aliphatic rings. The van der Waals surface area contributed by atoms with Crippen molar-refractivity contribution >= 4 is 23.3 Å². The zero-order valence-electron chi connectivity index (χ0n) is 13.0. The van der Waals surface area contributed by atoms with Gasteiger partial charge < -0.3 is 10.5 Å². The lowest BCUT2D eigenvalue weighted by molar-refractivity contribution is -0.129. The molecule has 1 aromatic rings. The van der Waals surface area contributed by atoms with Gasteiger partial charge in [-0.2, -0.15) is 0 Å². The van der Waals surface area contributed by atoms with Crippen LogP contribution in [0.3, 0.4) is 0 Å². The molecule has 0 saturated heterocycles. The Bertz CT molecular complexity index is 625. The van der Waals surface area contributed by atoms with Crippen molar-refractivity contribution in [3.05, 3.63) is 23.8 Å². The number of fused-ring (bicyclic) bond motifs is 1. The Kier molecular flexibility index (Phi) is 4.49. The van der Waals surface area contributed by atoms with Crippen molar-refractivity contribution < 1.29 is 19.1 Å². The third kappa shape index (κ3) is 2.95. The number of ketones is 1. The van der Waals surface area contributed by atoms with Gasteiger partial charge in [0.05, 0.1) is 5.69 Å². The van der Waals surface area contributed by atoms with Crippen LogP contribution in [0.1, 0.15) is 37.6 Å². The number of amides is 2. The number of Topliss-reactive ketones (excluding diaryl/α,β-unsaturated/α-hetero) is 1. The van der Waals surface area contributed by atoms with Crippen LogP contribution < -0.4 is 15.4 Å². The fraction of sp³-hybridized carbons (Fsp3) is 0.438. The maximum Gasteiger partial charge on any atom is 0.268 e. The van der Waals surface area contributed by atoms with Gasteiger partial charge in [0, 0.05) is 12.0 Å². The van der Waals surface area contributed by atoms with E-state index in [0.717, 1.165) is 0 Å². The van der Waals surface area contributed by atoms with E-state index in [0.29, 0.717) is 23.4 Å². The number of nitrogens with zero attached hydrogens (tertiary/aromatic N) is 1. The van der Waals surface area contributed by atoms with Gasteiger partial charge in [-0.1, -0.05) is 20.8 Å².